The van der Waals surface area contributed by atoms with E-state index in [-0.39, 0.29) is 11.8 Å². The van der Waals surface area contributed by atoms with E-state index < -0.39 is 36.7 Å². The van der Waals surface area contributed by atoms with E-state index in [1.165, 1.54) is 7.11 Å². The van der Waals surface area contributed by atoms with Gasteiger partial charge in [-0.1, -0.05) is 0 Å². The quantitative estimate of drug-likeness (QED) is 0.471. The van der Waals surface area contributed by atoms with Gasteiger partial charge in [-0.05, 0) is 0 Å². The highest BCUT2D eigenvalue weighted by Gasteiger charge is 2.44. The van der Waals surface area contributed by atoms with Crippen LogP contribution in [-0.4, -0.2) is 56.9 Å². The van der Waals surface area contributed by atoms with Crippen LogP contribution < -0.4 is 16.0 Å². The molecule has 5 N–H and O–H groups in total. The SMILES string of the molecule is COc1nc(=O)cc(N)n1C1OC(CO)C(O)C1O. The number of hydrogen-bond acceptors (Lipinski definition) is 8. The second-order valence-electron chi connectivity index (χ2n) is 4.10. The molecule has 4 atom stereocenters. The first-order valence-corrected chi connectivity index (χ1v) is 5.55. The molecule has 2 heterocycles. The molecule has 4 unspecified atom stereocenters. The smallest absolute Gasteiger partial charge is 0.303 e. The first-order valence-electron chi connectivity index (χ1n) is 5.55. The van der Waals surface area contributed by atoms with Gasteiger partial charge in [-0.25, -0.2) is 0 Å². The van der Waals surface area contributed by atoms with Crippen LogP contribution in [0, 0.1) is 0 Å². The Balaban J connectivity index is 2.45. The molecule has 0 spiro atoms. The molecule has 2 rings (SSSR count). The number of aliphatic hydroxyl groups is 3. The van der Waals surface area contributed by atoms with Gasteiger partial charge in [0.1, 0.15) is 24.1 Å². The zero-order valence-electron chi connectivity index (χ0n) is 10.1. The molecule has 1 aliphatic rings. The second-order valence-corrected chi connectivity index (χ2v) is 4.10. The molecule has 9 heteroatoms. The Morgan fingerprint density at radius 2 is 2.21 bits per heavy atom. The molecule has 9 nitrogen and oxygen atoms in total. The van der Waals surface area contributed by atoms with Gasteiger partial charge in [0.25, 0.3) is 5.56 Å². The molecular weight excluding hydrogens is 258 g/mol. The number of nitrogen functional groups attached to an aromatic ring is 1. The van der Waals surface area contributed by atoms with E-state index in [0.717, 1.165) is 10.6 Å². The molecule has 0 aromatic carbocycles. The number of anilines is 1. The number of hydrogen-bond donors (Lipinski definition) is 4. The lowest BCUT2D eigenvalue weighted by Gasteiger charge is -2.22. The van der Waals surface area contributed by atoms with Gasteiger partial charge in [-0.2, -0.15) is 4.98 Å². The molecule has 0 saturated carbocycles. The van der Waals surface area contributed by atoms with Crippen molar-refractivity contribution in [2.75, 3.05) is 19.5 Å². The summed E-state index contributed by atoms with van der Waals surface area (Å²) in [7, 11) is 1.28. The van der Waals surface area contributed by atoms with E-state index in [9.17, 15) is 15.0 Å². The fourth-order valence-electron chi connectivity index (χ4n) is 1.98. The molecule has 106 valence electrons. The summed E-state index contributed by atoms with van der Waals surface area (Å²) in [5.74, 6) is -0.0355. The Bertz CT molecular complexity index is 518. The maximum absolute atomic E-state index is 11.2. The molecule has 0 amide bonds. The number of rotatable bonds is 3. The van der Waals surface area contributed by atoms with Gasteiger partial charge >= 0.3 is 6.01 Å². The average molecular weight is 273 g/mol. The summed E-state index contributed by atoms with van der Waals surface area (Å²) in [5, 5.41) is 28.6. The van der Waals surface area contributed by atoms with Crippen molar-refractivity contribution < 1.29 is 24.8 Å². The number of aliphatic hydroxyl groups excluding tert-OH is 3. The van der Waals surface area contributed by atoms with Crippen LogP contribution in [0.4, 0.5) is 5.82 Å². The topological polar surface area (TPSA) is 140 Å². The first-order chi connectivity index (χ1) is 8.99. The monoisotopic (exact) mass is 273 g/mol. The predicted octanol–water partition coefficient (Wildman–Crippen LogP) is -2.55. The highest BCUT2D eigenvalue weighted by Crippen LogP contribution is 2.32. The van der Waals surface area contributed by atoms with E-state index in [1.807, 2.05) is 0 Å². The molecule has 0 bridgehead atoms. The van der Waals surface area contributed by atoms with Crippen LogP contribution in [0.1, 0.15) is 6.23 Å². The van der Waals surface area contributed by atoms with Crippen molar-refractivity contribution in [1.29, 1.82) is 0 Å². The lowest BCUT2D eigenvalue weighted by atomic mass is 10.1. The molecule has 1 aromatic heterocycles. The predicted molar refractivity (Wildman–Crippen MR) is 62.5 cm³/mol. The first kappa shape index (κ1) is 13.7. The van der Waals surface area contributed by atoms with Crippen LogP contribution in [-0.2, 0) is 4.74 Å². The molecule has 1 aromatic rings. The van der Waals surface area contributed by atoms with Crippen molar-refractivity contribution in [3.8, 4) is 6.01 Å². The highest BCUT2D eigenvalue weighted by molar-refractivity contribution is 5.31. The van der Waals surface area contributed by atoms with Gasteiger partial charge < -0.3 is 30.5 Å². The minimum atomic E-state index is -1.34. The van der Waals surface area contributed by atoms with Crippen molar-refractivity contribution in [3.05, 3.63) is 16.4 Å². The van der Waals surface area contributed by atoms with Crippen LogP contribution in [0.5, 0.6) is 6.01 Å². The average Bonchev–Trinajstić information content (AvgIpc) is 2.65. The Morgan fingerprint density at radius 1 is 1.53 bits per heavy atom. The molecular formula is C10H15N3O6. The normalized spacial score (nSPS) is 30.5. The molecule has 0 aliphatic carbocycles. The Labute approximate surface area is 107 Å². The number of ether oxygens (including phenoxy) is 2. The fraction of sp³-hybridized carbons (Fsp3) is 0.600. The van der Waals surface area contributed by atoms with Crippen LogP contribution in [0.2, 0.25) is 0 Å². The van der Waals surface area contributed by atoms with Crippen molar-refractivity contribution >= 4 is 5.82 Å². The summed E-state index contributed by atoms with van der Waals surface area (Å²) in [6.07, 6.45) is -4.67. The zero-order chi connectivity index (χ0) is 14.2. The van der Waals surface area contributed by atoms with E-state index in [4.69, 9.17) is 20.3 Å². The maximum atomic E-state index is 11.2. The van der Waals surface area contributed by atoms with Crippen molar-refractivity contribution in [3.63, 3.8) is 0 Å². The summed E-state index contributed by atoms with van der Waals surface area (Å²) in [5.41, 5.74) is 5.08. The van der Waals surface area contributed by atoms with Crippen LogP contribution >= 0.6 is 0 Å². The van der Waals surface area contributed by atoms with Gasteiger partial charge in [-0.3, -0.25) is 9.36 Å². The number of methoxy groups -OCH3 is 1. The lowest BCUT2D eigenvalue weighted by molar-refractivity contribution is -0.0552. The molecule has 1 saturated heterocycles. The van der Waals surface area contributed by atoms with E-state index in [1.54, 1.807) is 0 Å². The van der Waals surface area contributed by atoms with Gasteiger partial charge in [0, 0.05) is 6.07 Å². The van der Waals surface area contributed by atoms with Crippen molar-refractivity contribution in [2.24, 2.45) is 0 Å². The number of nitrogens with zero attached hydrogens (tertiary/aromatic N) is 2. The minimum Gasteiger partial charge on any atom is -0.468 e. The van der Waals surface area contributed by atoms with Crippen LogP contribution in [0.25, 0.3) is 0 Å². The van der Waals surface area contributed by atoms with E-state index >= 15 is 0 Å². The Kier molecular flexibility index (Phi) is 3.71. The summed E-state index contributed by atoms with van der Waals surface area (Å²) in [4.78, 5) is 14.8. The lowest BCUT2D eigenvalue weighted by Crippen LogP contribution is -2.34. The summed E-state index contributed by atoms with van der Waals surface area (Å²) in [6.45, 7) is -0.468. The van der Waals surface area contributed by atoms with Crippen molar-refractivity contribution in [2.45, 2.75) is 24.5 Å². The molecule has 1 fully saturated rings. The van der Waals surface area contributed by atoms with Crippen molar-refractivity contribution in [1.82, 2.24) is 9.55 Å². The minimum absolute atomic E-state index is 0.0355. The van der Waals surface area contributed by atoms with Gasteiger partial charge in [0.2, 0.25) is 0 Å². The summed E-state index contributed by atoms with van der Waals surface area (Å²) in [6, 6.07) is 0.886. The number of nitrogens with two attached hydrogens (primary N) is 1. The second kappa shape index (κ2) is 5.13. The van der Waals surface area contributed by atoms with E-state index in [2.05, 4.69) is 4.98 Å². The third kappa shape index (κ3) is 2.28. The summed E-state index contributed by atoms with van der Waals surface area (Å²) >= 11 is 0. The standard InChI is InChI=1S/C10H15N3O6/c1-18-10-12-6(15)2-5(11)13(10)9-8(17)7(16)4(3-14)19-9/h2,4,7-9,14,16-17H,3,11H2,1H3. The fourth-order valence-corrected chi connectivity index (χ4v) is 1.98. The van der Waals surface area contributed by atoms with E-state index in [0.29, 0.717) is 0 Å². The third-order valence-corrected chi connectivity index (χ3v) is 2.92. The summed E-state index contributed by atoms with van der Waals surface area (Å²) < 4.78 is 11.3. The Hall–Kier alpha value is -1.68. The molecule has 0 radical (unpaired) electrons. The Morgan fingerprint density at radius 3 is 2.74 bits per heavy atom. The highest BCUT2D eigenvalue weighted by atomic mass is 16.6. The van der Waals surface area contributed by atoms with Gasteiger partial charge in [-0.15, -0.1) is 0 Å². The van der Waals surface area contributed by atoms with Crippen LogP contribution in [0.15, 0.2) is 10.9 Å². The maximum Gasteiger partial charge on any atom is 0.303 e. The molecule has 19 heavy (non-hydrogen) atoms. The third-order valence-electron chi connectivity index (χ3n) is 2.92. The van der Waals surface area contributed by atoms with Gasteiger partial charge in [0.15, 0.2) is 6.23 Å². The van der Waals surface area contributed by atoms with Gasteiger partial charge in [0.05, 0.1) is 13.7 Å². The number of aromatic nitrogens is 2. The van der Waals surface area contributed by atoms with Crippen LogP contribution in [0.3, 0.4) is 0 Å². The largest absolute Gasteiger partial charge is 0.468 e. The zero-order valence-corrected chi connectivity index (χ0v) is 10.1. The molecule has 1 aliphatic heterocycles.